The number of benzene rings is 3. The monoisotopic (exact) mass is 752 g/mol. The fourth-order valence-electron chi connectivity index (χ4n) is 6.18. The van der Waals surface area contributed by atoms with E-state index in [1.54, 1.807) is 36.0 Å². The number of hydrogen-bond donors (Lipinski definition) is 5. The molecule has 13 heteroatoms. The highest BCUT2D eigenvalue weighted by molar-refractivity contribution is 8.03. The number of thioether (sulfide) groups is 1. The van der Waals surface area contributed by atoms with E-state index in [4.69, 9.17) is 4.74 Å². The molecule has 0 aliphatic carbocycles. The van der Waals surface area contributed by atoms with Gasteiger partial charge >= 0.3 is 5.97 Å². The van der Waals surface area contributed by atoms with Crippen LogP contribution in [0.15, 0.2) is 108 Å². The molecule has 3 aliphatic rings. The summed E-state index contributed by atoms with van der Waals surface area (Å²) in [5.74, 6) is -3.25. The first kappa shape index (κ1) is 37.4. The first-order chi connectivity index (χ1) is 25.7. The molecule has 2 bridgehead atoms. The Hall–Kier alpha value is -5.40. The predicted molar refractivity (Wildman–Crippen MR) is 204 cm³/mol. The fourth-order valence-corrected chi connectivity index (χ4v) is 7.91. The van der Waals surface area contributed by atoms with Crippen LogP contribution < -0.4 is 26.0 Å². The summed E-state index contributed by atoms with van der Waals surface area (Å²) in [5.41, 5.74) is 3.37. The molecule has 3 aliphatic heterocycles. The molecule has 1 aromatic heterocycles. The van der Waals surface area contributed by atoms with Crippen molar-refractivity contribution in [2.45, 2.75) is 61.5 Å². The van der Waals surface area contributed by atoms with Crippen LogP contribution in [0.25, 0.3) is 11.1 Å². The molecule has 1 unspecified atom stereocenters. The Morgan fingerprint density at radius 3 is 2.08 bits per heavy atom. The van der Waals surface area contributed by atoms with E-state index >= 15 is 0 Å². The van der Waals surface area contributed by atoms with Gasteiger partial charge in [0.2, 0.25) is 17.7 Å². The molecule has 0 saturated carbocycles. The zero-order valence-corrected chi connectivity index (χ0v) is 30.4. The molecule has 0 spiro atoms. The lowest BCUT2D eigenvalue weighted by molar-refractivity contribution is -0.142. The molecule has 5 N–H and O–H groups in total. The number of carboxylic acid groups (broad SMARTS) is 1. The van der Waals surface area contributed by atoms with E-state index < -0.39 is 53.8 Å². The summed E-state index contributed by atoms with van der Waals surface area (Å²) in [4.78, 5) is 68.4. The zero-order valence-electron chi connectivity index (χ0n) is 28.7. The van der Waals surface area contributed by atoms with Crippen molar-refractivity contribution in [3.8, 4) is 16.9 Å². The Labute approximate surface area is 315 Å². The van der Waals surface area contributed by atoms with E-state index in [2.05, 4.69) is 21.3 Å². The molecule has 11 nitrogen and oxygen atoms in total. The van der Waals surface area contributed by atoms with Gasteiger partial charge in [-0.05, 0) is 64.1 Å². The third-order valence-corrected chi connectivity index (χ3v) is 11.0. The summed E-state index contributed by atoms with van der Waals surface area (Å²) < 4.78 is 5.69. The average Bonchev–Trinajstić information content (AvgIpc) is 3.88. The quantitative estimate of drug-likeness (QED) is 0.167. The van der Waals surface area contributed by atoms with Gasteiger partial charge in [-0.1, -0.05) is 78.9 Å². The van der Waals surface area contributed by atoms with Crippen molar-refractivity contribution in [1.82, 2.24) is 21.3 Å². The maximum absolute atomic E-state index is 14.2. The number of fused-ring (bicyclic) bond motifs is 16. The minimum Gasteiger partial charge on any atom is -0.484 e. The lowest BCUT2D eigenvalue weighted by Crippen LogP contribution is -2.59. The van der Waals surface area contributed by atoms with E-state index in [9.17, 15) is 29.1 Å². The van der Waals surface area contributed by atoms with Crippen molar-refractivity contribution in [3.63, 3.8) is 0 Å². The molecule has 7 rings (SSSR count). The lowest BCUT2D eigenvalue weighted by Gasteiger charge is -2.27. The van der Waals surface area contributed by atoms with E-state index in [1.165, 1.54) is 11.3 Å². The van der Waals surface area contributed by atoms with E-state index in [1.807, 2.05) is 83.6 Å². The Kier molecular flexibility index (Phi) is 12.6. The van der Waals surface area contributed by atoms with E-state index in [0.29, 0.717) is 17.7 Å². The number of nitrogens with one attached hydrogen (secondary N) is 4. The number of aliphatic carboxylic acids is 1. The van der Waals surface area contributed by atoms with Gasteiger partial charge in [-0.2, -0.15) is 0 Å². The second-order valence-electron chi connectivity index (χ2n) is 12.9. The van der Waals surface area contributed by atoms with Crippen LogP contribution in [-0.2, 0) is 43.2 Å². The summed E-state index contributed by atoms with van der Waals surface area (Å²) in [7, 11) is 0. The van der Waals surface area contributed by atoms with E-state index in [-0.39, 0.29) is 31.1 Å². The average molecular weight is 753 g/mol. The molecule has 0 radical (unpaired) electrons. The minimum atomic E-state index is -1.30. The smallest absolute Gasteiger partial charge is 0.326 e. The second kappa shape index (κ2) is 17.9. The molecule has 4 heterocycles. The van der Waals surface area contributed by atoms with Crippen LogP contribution in [0.2, 0.25) is 0 Å². The van der Waals surface area contributed by atoms with Gasteiger partial charge in [0.15, 0.2) is 6.61 Å². The summed E-state index contributed by atoms with van der Waals surface area (Å²) in [6.45, 7) is -0.366. The van der Waals surface area contributed by atoms with Crippen LogP contribution in [0.5, 0.6) is 5.75 Å². The number of carboxylic acids is 1. The molecule has 4 aromatic rings. The molecule has 0 saturated heterocycles. The van der Waals surface area contributed by atoms with Gasteiger partial charge in [0.05, 0.1) is 0 Å². The third-order valence-electron chi connectivity index (χ3n) is 9.02. The van der Waals surface area contributed by atoms with Crippen LogP contribution in [-0.4, -0.2) is 70.7 Å². The van der Waals surface area contributed by atoms with Crippen LogP contribution in [0.3, 0.4) is 0 Å². The van der Waals surface area contributed by atoms with Crippen LogP contribution in [0.4, 0.5) is 0 Å². The summed E-state index contributed by atoms with van der Waals surface area (Å²) in [6.07, 6.45) is 3.19. The van der Waals surface area contributed by atoms with Gasteiger partial charge in [0.1, 0.15) is 29.9 Å². The van der Waals surface area contributed by atoms with Crippen LogP contribution >= 0.6 is 23.1 Å². The lowest BCUT2D eigenvalue weighted by atomic mass is 9.99. The molecular weight excluding hydrogens is 713 g/mol. The van der Waals surface area contributed by atoms with Gasteiger partial charge in [-0.15, -0.1) is 23.1 Å². The number of amides is 4. The van der Waals surface area contributed by atoms with Crippen molar-refractivity contribution >= 4 is 52.7 Å². The molecule has 5 atom stereocenters. The van der Waals surface area contributed by atoms with Gasteiger partial charge in [-0.3, -0.25) is 19.2 Å². The largest absolute Gasteiger partial charge is 0.484 e. The van der Waals surface area contributed by atoms with Crippen LogP contribution in [0.1, 0.15) is 28.8 Å². The number of rotatable bonds is 8. The van der Waals surface area contributed by atoms with Crippen molar-refractivity contribution in [1.29, 1.82) is 0 Å². The van der Waals surface area contributed by atoms with Gasteiger partial charge < -0.3 is 31.1 Å². The minimum absolute atomic E-state index is 0.0329. The van der Waals surface area contributed by atoms with E-state index in [0.717, 1.165) is 28.0 Å². The number of carbonyl (C=O) groups is 5. The standard InChI is InChI=1S/C40H40N4O7S2/c45-36-24-51-29-16-12-26(13-17-29)21-35(40(49)50)44-39(48)34(23-31-9-5-19-53-31)43-37(46)32(42-38(47)33(41-36)22-30-8-4-18-52-30)20-25-10-14-28(15-11-25)27-6-2-1-3-7-27/h1-7,9-19,30,32-35H,8,20-24H2,(H,41,45)(H,42,47)(H,43,46)(H,44,48)(H,49,50)/t30?,32-,33+,34+,35-/m0/s1. The number of hydrogen-bond acceptors (Lipinski definition) is 8. The number of thiophene rings is 1. The highest BCUT2D eigenvalue weighted by Gasteiger charge is 2.33. The number of allylic oxidation sites excluding steroid dienone is 1. The maximum Gasteiger partial charge on any atom is 0.326 e. The van der Waals surface area contributed by atoms with Gasteiger partial charge in [-0.25, -0.2) is 4.79 Å². The van der Waals surface area contributed by atoms with Crippen LogP contribution in [0, 0.1) is 0 Å². The summed E-state index contributed by atoms with van der Waals surface area (Å²) in [5, 5.41) is 25.0. The molecule has 0 fully saturated rings. The second-order valence-corrected chi connectivity index (χ2v) is 15.2. The van der Waals surface area contributed by atoms with Gasteiger partial charge in [0.25, 0.3) is 5.91 Å². The Bertz CT molecular complexity index is 1910. The molecule has 4 amide bonds. The zero-order chi connectivity index (χ0) is 37.2. The summed E-state index contributed by atoms with van der Waals surface area (Å²) >= 11 is 2.97. The molecule has 3 aromatic carbocycles. The SMILES string of the molecule is O=C1COc2ccc(cc2)C[C@@H](C(=O)O)NC(=O)[C@@H](Cc2cccs2)NC(=O)[C@H](Cc2ccc(-c3ccccc3)cc2)NC(=O)[C@@H](CC2CC=CS2)N1. The third kappa shape index (κ3) is 10.6. The number of carbonyl (C=O) groups excluding carboxylic acids is 4. The number of ether oxygens (including phenoxy) is 1. The van der Waals surface area contributed by atoms with Crippen molar-refractivity contribution in [2.75, 3.05) is 6.61 Å². The fraction of sp³-hybridized carbons (Fsp3) is 0.275. The highest BCUT2D eigenvalue weighted by Crippen LogP contribution is 2.28. The molecule has 53 heavy (non-hydrogen) atoms. The molecule has 274 valence electrons. The first-order valence-electron chi connectivity index (χ1n) is 17.3. The normalized spacial score (nSPS) is 22.7. The predicted octanol–water partition coefficient (Wildman–Crippen LogP) is 4.27. The Morgan fingerprint density at radius 1 is 0.736 bits per heavy atom. The van der Waals surface area contributed by atoms with Crippen molar-refractivity contribution in [2.24, 2.45) is 0 Å². The topological polar surface area (TPSA) is 163 Å². The van der Waals surface area contributed by atoms with Crippen molar-refractivity contribution < 1.29 is 33.8 Å². The Balaban J connectivity index is 1.32. The van der Waals surface area contributed by atoms with Crippen molar-refractivity contribution in [3.05, 3.63) is 124 Å². The first-order valence-corrected chi connectivity index (χ1v) is 19.1. The molecular formula is C40H40N4O7S2. The maximum atomic E-state index is 14.2. The highest BCUT2D eigenvalue weighted by atomic mass is 32.2. The Morgan fingerprint density at radius 2 is 1.42 bits per heavy atom. The van der Waals surface area contributed by atoms with Gasteiger partial charge in [0, 0.05) is 29.4 Å². The summed E-state index contributed by atoms with van der Waals surface area (Å²) in [6, 6.07) is 23.1.